The molecule has 4 aromatic carbocycles. The average molecular weight is 412 g/mol. The van der Waals surface area contributed by atoms with E-state index in [1.807, 2.05) is 18.2 Å². The molecule has 0 unspecified atom stereocenters. The molecule has 0 aromatic heterocycles. The second-order valence-electron chi connectivity index (χ2n) is 7.70. The van der Waals surface area contributed by atoms with Gasteiger partial charge in [-0.3, -0.25) is 4.57 Å². The lowest BCUT2D eigenvalue weighted by Gasteiger charge is -2.19. The molecule has 5 rings (SSSR count). The van der Waals surface area contributed by atoms with E-state index in [4.69, 9.17) is 0 Å². The van der Waals surface area contributed by atoms with E-state index in [2.05, 4.69) is 66.7 Å². The molecule has 0 fully saturated rings. The van der Waals surface area contributed by atoms with Crippen LogP contribution in [0.15, 0.2) is 97.1 Å². The van der Waals surface area contributed by atoms with Gasteiger partial charge in [0.1, 0.15) is 0 Å². The summed E-state index contributed by atoms with van der Waals surface area (Å²) in [4.78, 5) is 19.0. The third kappa shape index (κ3) is 3.32. The zero-order valence-corrected chi connectivity index (χ0v) is 17.2. The lowest BCUT2D eigenvalue weighted by atomic mass is 9.85. The van der Waals surface area contributed by atoms with Gasteiger partial charge < -0.3 is 9.79 Å². The minimum absolute atomic E-state index is 0.0435. The van der Waals surface area contributed by atoms with Gasteiger partial charge in [0.15, 0.2) is 0 Å². The van der Waals surface area contributed by atoms with E-state index in [1.165, 1.54) is 33.4 Å². The number of rotatable bonds is 4. The minimum atomic E-state index is -4.26. The average Bonchev–Trinajstić information content (AvgIpc) is 3.10. The maximum absolute atomic E-state index is 11.6. The first-order valence-electron chi connectivity index (χ1n) is 9.93. The van der Waals surface area contributed by atoms with Crippen LogP contribution in [0.3, 0.4) is 0 Å². The summed E-state index contributed by atoms with van der Waals surface area (Å²) >= 11 is 0. The molecule has 30 heavy (non-hydrogen) atoms. The first kappa shape index (κ1) is 19.0. The van der Waals surface area contributed by atoms with Gasteiger partial charge in [-0.1, -0.05) is 84.9 Å². The summed E-state index contributed by atoms with van der Waals surface area (Å²) in [6.07, 6.45) is 0.842. The normalized spacial score (nSPS) is 14.9. The largest absolute Gasteiger partial charge is 0.356 e. The quantitative estimate of drug-likeness (QED) is 0.397. The lowest BCUT2D eigenvalue weighted by Crippen LogP contribution is -2.07. The van der Waals surface area contributed by atoms with E-state index in [9.17, 15) is 14.4 Å². The predicted octanol–water partition coefficient (Wildman–Crippen LogP) is 5.24. The fourth-order valence-corrected chi connectivity index (χ4v) is 5.05. The van der Waals surface area contributed by atoms with E-state index in [1.54, 1.807) is 12.1 Å². The van der Waals surface area contributed by atoms with E-state index in [0.717, 1.165) is 12.0 Å². The summed E-state index contributed by atoms with van der Waals surface area (Å²) in [5, 5.41) is 0.0512. The summed E-state index contributed by atoms with van der Waals surface area (Å²) < 4.78 is 11.6. The summed E-state index contributed by atoms with van der Waals surface area (Å²) in [6, 6.07) is 32.2. The van der Waals surface area contributed by atoms with E-state index >= 15 is 0 Å². The van der Waals surface area contributed by atoms with Crippen molar-refractivity contribution in [2.45, 2.75) is 12.3 Å². The third-order valence-corrected chi connectivity index (χ3v) is 6.82. The molecular weight excluding hydrogens is 391 g/mol. The first-order valence-corrected chi connectivity index (χ1v) is 11.5. The summed E-state index contributed by atoms with van der Waals surface area (Å²) in [6.45, 7) is 0. The minimum Gasteiger partial charge on any atom is -0.321 e. The van der Waals surface area contributed by atoms with Crippen molar-refractivity contribution in [2.24, 2.45) is 0 Å². The van der Waals surface area contributed by atoms with Gasteiger partial charge in [0.25, 0.3) is 0 Å². The van der Waals surface area contributed by atoms with Crippen molar-refractivity contribution in [3.8, 4) is 11.1 Å². The zero-order chi connectivity index (χ0) is 20.7. The van der Waals surface area contributed by atoms with Crippen molar-refractivity contribution in [3.63, 3.8) is 0 Å². The molecule has 0 heterocycles. The Labute approximate surface area is 175 Å². The molecule has 0 amide bonds. The van der Waals surface area contributed by atoms with Crippen LogP contribution in [0.5, 0.6) is 0 Å². The van der Waals surface area contributed by atoms with Gasteiger partial charge in [0.2, 0.25) is 0 Å². The molecule has 2 N–H and O–H groups in total. The molecule has 148 valence electrons. The Balaban J connectivity index is 1.67. The molecule has 0 radical (unpaired) electrons. The molecule has 0 aliphatic heterocycles. The van der Waals surface area contributed by atoms with Crippen LogP contribution in [0.25, 0.3) is 11.1 Å². The molecule has 4 heteroatoms. The molecule has 0 saturated carbocycles. The van der Waals surface area contributed by atoms with Crippen LogP contribution in [-0.4, -0.2) is 9.79 Å². The molecule has 1 aliphatic rings. The van der Waals surface area contributed by atoms with Crippen molar-refractivity contribution >= 4 is 12.9 Å². The fraction of sp³-hybridized carbons (Fsp3) is 0.0769. The van der Waals surface area contributed by atoms with Crippen LogP contribution in [0.2, 0.25) is 0 Å². The second-order valence-corrected chi connectivity index (χ2v) is 9.30. The smallest absolute Gasteiger partial charge is 0.321 e. The second kappa shape index (κ2) is 7.37. The standard InChI is InChI=1S/C26H21O3P/c27-30(28,29)21-15-13-19(14-16-21)25-23-11-5-4-10-22(23)24-12-6-9-20(26(24)25)17-18-7-2-1-3-8-18/h1-16,25H,17H2,(H2,27,28,29)/t25-/m1/s1. The number of benzene rings is 4. The van der Waals surface area contributed by atoms with Gasteiger partial charge in [0, 0.05) is 5.92 Å². The maximum Gasteiger partial charge on any atom is 0.356 e. The van der Waals surface area contributed by atoms with Gasteiger partial charge in [-0.2, -0.15) is 0 Å². The summed E-state index contributed by atoms with van der Waals surface area (Å²) in [5.41, 5.74) is 8.56. The molecule has 0 spiro atoms. The van der Waals surface area contributed by atoms with Crippen LogP contribution in [0, 0.1) is 0 Å². The number of hydrogen-bond acceptors (Lipinski definition) is 1. The van der Waals surface area contributed by atoms with Gasteiger partial charge in [-0.05, 0) is 57.5 Å². The highest BCUT2D eigenvalue weighted by Gasteiger charge is 2.32. The topological polar surface area (TPSA) is 57.5 Å². The summed E-state index contributed by atoms with van der Waals surface area (Å²) in [5.74, 6) is 0.0435. The lowest BCUT2D eigenvalue weighted by molar-refractivity contribution is 0.387. The molecule has 4 aromatic rings. The van der Waals surface area contributed by atoms with Crippen molar-refractivity contribution in [1.82, 2.24) is 0 Å². The van der Waals surface area contributed by atoms with Crippen molar-refractivity contribution in [3.05, 3.63) is 125 Å². The molecule has 1 aliphatic carbocycles. The first-order chi connectivity index (χ1) is 14.5. The van der Waals surface area contributed by atoms with Crippen LogP contribution < -0.4 is 5.30 Å². The highest BCUT2D eigenvalue weighted by atomic mass is 31.2. The summed E-state index contributed by atoms with van der Waals surface area (Å²) in [7, 11) is -4.26. The Morgan fingerprint density at radius 2 is 1.37 bits per heavy atom. The highest BCUT2D eigenvalue weighted by Crippen LogP contribution is 2.49. The van der Waals surface area contributed by atoms with Crippen molar-refractivity contribution in [1.29, 1.82) is 0 Å². The molecular formula is C26H21O3P. The van der Waals surface area contributed by atoms with E-state index in [-0.39, 0.29) is 11.2 Å². The van der Waals surface area contributed by atoms with Crippen LogP contribution in [0.4, 0.5) is 0 Å². The van der Waals surface area contributed by atoms with Gasteiger partial charge in [0.05, 0.1) is 5.30 Å². The van der Waals surface area contributed by atoms with Gasteiger partial charge >= 0.3 is 7.60 Å². The Hall–Kier alpha value is -2.97. The Morgan fingerprint density at radius 1 is 0.700 bits per heavy atom. The number of hydrogen-bond donors (Lipinski definition) is 2. The highest BCUT2D eigenvalue weighted by molar-refractivity contribution is 7.60. The Kier molecular flexibility index (Phi) is 4.67. The molecule has 0 bridgehead atoms. The van der Waals surface area contributed by atoms with Crippen molar-refractivity contribution in [2.75, 3.05) is 0 Å². The third-order valence-electron chi connectivity index (χ3n) is 5.85. The monoisotopic (exact) mass is 412 g/mol. The fourth-order valence-electron chi connectivity index (χ4n) is 4.52. The van der Waals surface area contributed by atoms with Crippen molar-refractivity contribution < 1.29 is 14.4 Å². The Bertz CT molecular complexity index is 1260. The zero-order valence-electron chi connectivity index (χ0n) is 16.3. The van der Waals surface area contributed by atoms with Crippen LogP contribution in [-0.2, 0) is 11.0 Å². The molecule has 1 atom stereocenters. The number of fused-ring (bicyclic) bond motifs is 3. The predicted molar refractivity (Wildman–Crippen MR) is 120 cm³/mol. The van der Waals surface area contributed by atoms with E-state index < -0.39 is 7.60 Å². The Morgan fingerprint density at radius 3 is 2.10 bits per heavy atom. The van der Waals surface area contributed by atoms with Crippen LogP contribution >= 0.6 is 7.60 Å². The van der Waals surface area contributed by atoms with Crippen LogP contribution in [0.1, 0.15) is 33.7 Å². The van der Waals surface area contributed by atoms with E-state index in [0.29, 0.717) is 0 Å². The molecule has 0 saturated heterocycles. The SMILES string of the molecule is O=P(O)(O)c1ccc([C@@H]2c3ccccc3-c3cccc(Cc4ccccc4)c32)cc1. The molecule has 3 nitrogen and oxygen atoms in total. The van der Waals surface area contributed by atoms with Gasteiger partial charge in [-0.25, -0.2) is 0 Å². The maximum atomic E-state index is 11.6. The van der Waals surface area contributed by atoms with Gasteiger partial charge in [-0.15, -0.1) is 0 Å².